The molecule has 8 heteroatoms. The lowest BCUT2D eigenvalue weighted by Gasteiger charge is -2.20. The van der Waals surface area contributed by atoms with E-state index in [1.807, 2.05) is 0 Å². The van der Waals surface area contributed by atoms with Gasteiger partial charge in [0.25, 0.3) is 0 Å². The van der Waals surface area contributed by atoms with Crippen molar-refractivity contribution in [2.75, 3.05) is 31.6 Å². The second-order valence-electron chi connectivity index (χ2n) is 6.00. The Labute approximate surface area is 171 Å². The molecule has 1 N–H and O–H groups in total. The standard InChI is InChI=1S/C20H24ClN3O3S/c1-3-24(4-2)28(25,26)20-14-17(8-11-19(20)21)23-12-5-13-27-18-9-6-16(15-22)7-10-18/h6-11,14,23H,3-5,12-13H2,1-2H3. The van der Waals surface area contributed by atoms with Crippen molar-refractivity contribution in [2.24, 2.45) is 0 Å². The molecule has 0 unspecified atom stereocenters. The molecule has 2 aromatic carbocycles. The number of sulfonamides is 1. The molecule has 0 radical (unpaired) electrons. The molecule has 0 aliphatic heterocycles. The van der Waals surface area contributed by atoms with Crippen LogP contribution in [0.5, 0.6) is 5.75 Å². The summed E-state index contributed by atoms with van der Waals surface area (Å²) in [6.07, 6.45) is 0.723. The number of rotatable bonds is 10. The van der Waals surface area contributed by atoms with E-state index in [1.165, 1.54) is 4.31 Å². The highest BCUT2D eigenvalue weighted by Gasteiger charge is 2.24. The third-order valence-electron chi connectivity index (χ3n) is 4.16. The van der Waals surface area contributed by atoms with E-state index in [1.54, 1.807) is 56.3 Å². The number of nitrogens with one attached hydrogen (secondary N) is 1. The van der Waals surface area contributed by atoms with Crippen LogP contribution < -0.4 is 10.1 Å². The minimum absolute atomic E-state index is 0.108. The number of nitriles is 1. The molecule has 0 fully saturated rings. The second kappa shape index (κ2) is 10.3. The summed E-state index contributed by atoms with van der Waals surface area (Å²) in [6.45, 7) is 5.48. The minimum Gasteiger partial charge on any atom is -0.494 e. The van der Waals surface area contributed by atoms with E-state index in [4.69, 9.17) is 21.6 Å². The summed E-state index contributed by atoms with van der Waals surface area (Å²) >= 11 is 6.14. The number of halogens is 1. The van der Waals surface area contributed by atoms with E-state index in [9.17, 15) is 8.42 Å². The van der Waals surface area contributed by atoms with Gasteiger partial charge in [0, 0.05) is 25.3 Å². The zero-order valence-electron chi connectivity index (χ0n) is 16.0. The van der Waals surface area contributed by atoms with Gasteiger partial charge in [-0.25, -0.2) is 8.42 Å². The normalized spacial score (nSPS) is 11.2. The van der Waals surface area contributed by atoms with Gasteiger partial charge in [-0.3, -0.25) is 0 Å². The van der Waals surface area contributed by atoms with Crippen LogP contribution in [0.2, 0.25) is 5.02 Å². The van der Waals surface area contributed by atoms with Gasteiger partial charge in [-0.1, -0.05) is 25.4 Å². The second-order valence-corrected chi connectivity index (χ2v) is 8.31. The van der Waals surface area contributed by atoms with Crippen LogP contribution in [0.25, 0.3) is 0 Å². The number of benzene rings is 2. The van der Waals surface area contributed by atoms with Crippen LogP contribution in [-0.4, -0.2) is 39.0 Å². The lowest BCUT2D eigenvalue weighted by atomic mass is 10.2. The number of hydrogen-bond donors (Lipinski definition) is 1. The van der Waals surface area contributed by atoms with E-state index in [2.05, 4.69) is 11.4 Å². The van der Waals surface area contributed by atoms with Crippen molar-refractivity contribution < 1.29 is 13.2 Å². The summed E-state index contributed by atoms with van der Waals surface area (Å²) in [5, 5.41) is 12.2. The van der Waals surface area contributed by atoms with Crippen LogP contribution >= 0.6 is 11.6 Å². The molecule has 2 aromatic rings. The molecule has 0 atom stereocenters. The average Bonchev–Trinajstić information content (AvgIpc) is 2.70. The Morgan fingerprint density at radius 1 is 1.14 bits per heavy atom. The van der Waals surface area contributed by atoms with Crippen LogP contribution in [0.3, 0.4) is 0 Å². The van der Waals surface area contributed by atoms with Crippen molar-refractivity contribution in [1.82, 2.24) is 4.31 Å². The molecule has 0 saturated heterocycles. The summed E-state index contributed by atoms with van der Waals surface area (Å²) in [7, 11) is -3.62. The summed E-state index contributed by atoms with van der Waals surface area (Å²) in [5.74, 6) is 0.707. The van der Waals surface area contributed by atoms with Crippen molar-refractivity contribution >= 4 is 27.3 Å². The van der Waals surface area contributed by atoms with Gasteiger partial charge < -0.3 is 10.1 Å². The fraction of sp³-hybridized carbons (Fsp3) is 0.350. The van der Waals surface area contributed by atoms with Crippen molar-refractivity contribution in [3.63, 3.8) is 0 Å². The third-order valence-corrected chi connectivity index (χ3v) is 6.69. The van der Waals surface area contributed by atoms with Crippen molar-refractivity contribution in [3.05, 3.63) is 53.1 Å². The van der Waals surface area contributed by atoms with Crippen LogP contribution in [0.15, 0.2) is 47.4 Å². The number of hydrogen-bond acceptors (Lipinski definition) is 5. The molecule has 0 aliphatic carbocycles. The number of nitrogens with zero attached hydrogens (tertiary/aromatic N) is 2. The predicted octanol–water partition coefficient (Wildman–Crippen LogP) is 4.12. The largest absolute Gasteiger partial charge is 0.494 e. The molecule has 0 saturated carbocycles. The Hall–Kier alpha value is -2.27. The Bertz CT molecular complexity index is 921. The van der Waals surface area contributed by atoms with E-state index in [0.717, 1.165) is 6.42 Å². The summed E-state index contributed by atoms with van der Waals surface area (Å²) in [6, 6.07) is 13.9. The summed E-state index contributed by atoms with van der Waals surface area (Å²) in [4.78, 5) is 0.108. The molecule has 0 heterocycles. The van der Waals surface area contributed by atoms with Crippen molar-refractivity contribution in [2.45, 2.75) is 25.2 Å². The van der Waals surface area contributed by atoms with Gasteiger partial charge in [-0.05, 0) is 48.9 Å². The maximum absolute atomic E-state index is 12.7. The lowest BCUT2D eigenvalue weighted by Crippen LogP contribution is -2.30. The fourth-order valence-corrected chi connectivity index (χ4v) is 4.59. The molecule has 150 valence electrons. The Morgan fingerprint density at radius 2 is 1.82 bits per heavy atom. The van der Waals surface area contributed by atoms with Crippen molar-refractivity contribution in [1.29, 1.82) is 5.26 Å². The molecule has 0 aromatic heterocycles. The Morgan fingerprint density at radius 3 is 2.43 bits per heavy atom. The van der Waals surface area contributed by atoms with Gasteiger partial charge in [-0.2, -0.15) is 9.57 Å². The SMILES string of the molecule is CCN(CC)S(=O)(=O)c1cc(NCCCOc2ccc(C#N)cc2)ccc1Cl. The minimum atomic E-state index is -3.62. The van der Waals surface area contributed by atoms with Gasteiger partial charge in [0.05, 0.1) is 23.3 Å². The zero-order chi connectivity index (χ0) is 20.6. The lowest BCUT2D eigenvalue weighted by molar-refractivity contribution is 0.315. The summed E-state index contributed by atoms with van der Waals surface area (Å²) in [5.41, 5.74) is 1.28. The first-order chi connectivity index (χ1) is 13.4. The first-order valence-corrected chi connectivity index (χ1v) is 10.9. The van der Waals surface area contributed by atoms with Gasteiger partial charge >= 0.3 is 0 Å². The van der Waals surface area contributed by atoms with Crippen LogP contribution in [-0.2, 0) is 10.0 Å². The molecule has 0 amide bonds. The maximum atomic E-state index is 12.7. The molecule has 0 bridgehead atoms. The van der Waals surface area contributed by atoms with Gasteiger partial charge in [0.15, 0.2) is 0 Å². The van der Waals surface area contributed by atoms with Crippen molar-refractivity contribution in [3.8, 4) is 11.8 Å². The first-order valence-electron chi connectivity index (χ1n) is 9.09. The van der Waals surface area contributed by atoms with Gasteiger partial charge in [0.1, 0.15) is 10.6 Å². The first kappa shape index (κ1) is 22.0. The van der Waals surface area contributed by atoms with Crippen LogP contribution in [0.1, 0.15) is 25.8 Å². The highest BCUT2D eigenvalue weighted by molar-refractivity contribution is 7.89. The number of ether oxygens (including phenoxy) is 1. The van der Waals surface area contributed by atoms with E-state index >= 15 is 0 Å². The van der Waals surface area contributed by atoms with E-state index in [0.29, 0.717) is 43.2 Å². The smallest absolute Gasteiger partial charge is 0.244 e. The van der Waals surface area contributed by atoms with E-state index < -0.39 is 10.0 Å². The average molecular weight is 422 g/mol. The Kier molecular flexibility index (Phi) is 8.12. The molecule has 2 rings (SSSR count). The number of anilines is 1. The van der Waals surface area contributed by atoms with Crippen LogP contribution in [0, 0.1) is 11.3 Å². The molecular weight excluding hydrogens is 398 g/mol. The van der Waals surface area contributed by atoms with E-state index in [-0.39, 0.29) is 9.92 Å². The van der Waals surface area contributed by atoms with Gasteiger partial charge in [-0.15, -0.1) is 0 Å². The monoisotopic (exact) mass is 421 g/mol. The van der Waals surface area contributed by atoms with Crippen LogP contribution in [0.4, 0.5) is 5.69 Å². The Balaban J connectivity index is 1.91. The molecule has 28 heavy (non-hydrogen) atoms. The molecule has 6 nitrogen and oxygen atoms in total. The summed E-state index contributed by atoms with van der Waals surface area (Å²) < 4.78 is 32.4. The van der Waals surface area contributed by atoms with Gasteiger partial charge in [0.2, 0.25) is 10.0 Å². The third kappa shape index (κ3) is 5.61. The highest BCUT2D eigenvalue weighted by atomic mass is 35.5. The fourth-order valence-electron chi connectivity index (χ4n) is 2.63. The topological polar surface area (TPSA) is 82.4 Å². The molecule has 0 aliphatic rings. The zero-order valence-corrected chi connectivity index (χ0v) is 17.6. The quantitative estimate of drug-likeness (QED) is 0.583. The maximum Gasteiger partial charge on any atom is 0.244 e. The highest BCUT2D eigenvalue weighted by Crippen LogP contribution is 2.27. The molecule has 0 spiro atoms. The predicted molar refractivity (Wildman–Crippen MR) is 111 cm³/mol. The molecular formula is C20H24ClN3O3S.